The fourth-order valence-electron chi connectivity index (χ4n) is 3.15. The van der Waals surface area contributed by atoms with E-state index in [4.69, 9.17) is 5.73 Å². The molecule has 3 rings (SSSR count). The number of aryl methyl sites for hydroxylation is 1. The van der Waals surface area contributed by atoms with Gasteiger partial charge in [-0.2, -0.15) is 5.10 Å². The summed E-state index contributed by atoms with van der Waals surface area (Å²) in [7, 11) is 0. The summed E-state index contributed by atoms with van der Waals surface area (Å²) in [5, 5.41) is 7.58. The van der Waals surface area contributed by atoms with Gasteiger partial charge in [0.05, 0.1) is 16.9 Å². The van der Waals surface area contributed by atoms with Gasteiger partial charge in [0.25, 0.3) is 5.91 Å². The van der Waals surface area contributed by atoms with Crippen LogP contribution < -0.4 is 11.1 Å². The maximum absolute atomic E-state index is 12.5. The van der Waals surface area contributed by atoms with Crippen LogP contribution in [0.5, 0.6) is 0 Å². The van der Waals surface area contributed by atoms with Crippen LogP contribution in [0.2, 0.25) is 0 Å². The Bertz CT molecular complexity index is 650. The Kier molecular flexibility index (Phi) is 4.24. The van der Waals surface area contributed by atoms with Crippen molar-refractivity contribution in [2.24, 2.45) is 11.7 Å². The first-order valence-electron chi connectivity index (χ1n) is 7.81. The average molecular weight is 298 g/mol. The van der Waals surface area contributed by atoms with E-state index in [1.165, 1.54) is 0 Å². The highest BCUT2D eigenvalue weighted by molar-refractivity contribution is 5.95. The summed E-state index contributed by atoms with van der Waals surface area (Å²) in [5.41, 5.74) is 8.10. The van der Waals surface area contributed by atoms with Gasteiger partial charge >= 0.3 is 0 Å². The summed E-state index contributed by atoms with van der Waals surface area (Å²) in [5.74, 6) is 0.346. The highest BCUT2D eigenvalue weighted by Crippen LogP contribution is 2.25. The first-order valence-corrected chi connectivity index (χ1v) is 7.81. The van der Waals surface area contributed by atoms with Gasteiger partial charge < -0.3 is 11.1 Å². The summed E-state index contributed by atoms with van der Waals surface area (Å²) in [6.07, 6.45) is 5.05. The minimum atomic E-state index is -0.0509. The molecule has 116 valence electrons. The largest absolute Gasteiger partial charge is 0.349 e. The van der Waals surface area contributed by atoms with Crippen LogP contribution in [-0.4, -0.2) is 28.3 Å². The molecule has 0 aliphatic heterocycles. The van der Waals surface area contributed by atoms with Crippen molar-refractivity contribution < 1.29 is 4.79 Å². The summed E-state index contributed by atoms with van der Waals surface area (Å²) in [4.78, 5) is 12.5. The average Bonchev–Trinajstić information content (AvgIpc) is 3.14. The van der Waals surface area contributed by atoms with Crippen LogP contribution in [0.4, 0.5) is 0 Å². The molecular weight excluding hydrogens is 276 g/mol. The number of nitrogens with one attached hydrogen (secondary N) is 1. The number of amides is 1. The van der Waals surface area contributed by atoms with E-state index in [9.17, 15) is 4.79 Å². The molecule has 2 aromatic rings. The van der Waals surface area contributed by atoms with Crippen molar-refractivity contribution in [1.29, 1.82) is 0 Å². The van der Waals surface area contributed by atoms with Gasteiger partial charge in [-0.3, -0.25) is 4.79 Å². The highest BCUT2D eigenvalue weighted by atomic mass is 16.1. The number of benzene rings is 1. The molecule has 0 spiro atoms. The van der Waals surface area contributed by atoms with Gasteiger partial charge in [-0.05, 0) is 44.4 Å². The Morgan fingerprint density at radius 3 is 2.86 bits per heavy atom. The van der Waals surface area contributed by atoms with E-state index in [1.54, 1.807) is 10.9 Å². The van der Waals surface area contributed by atoms with Crippen LogP contribution in [-0.2, 0) is 0 Å². The summed E-state index contributed by atoms with van der Waals surface area (Å²) in [6, 6.07) is 10.00. The molecule has 1 heterocycles. The first-order chi connectivity index (χ1) is 10.7. The summed E-state index contributed by atoms with van der Waals surface area (Å²) >= 11 is 0. The number of rotatable bonds is 4. The van der Waals surface area contributed by atoms with Gasteiger partial charge in [0.2, 0.25) is 0 Å². The third-order valence-corrected chi connectivity index (χ3v) is 4.44. The van der Waals surface area contributed by atoms with Crippen molar-refractivity contribution in [3.05, 3.63) is 47.8 Å². The van der Waals surface area contributed by atoms with Crippen molar-refractivity contribution in [1.82, 2.24) is 15.1 Å². The lowest BCUT2D eigenvalue weighted by Gasteiger charge is -2.19. The van der Waals surface area contributed by atoms with Crippen molar-refractivity contribution in [3.63, 3.8) is 0 Å². The third kappa shape index (κ3) is 2.90. The van der Waals surface area contributed by atoms with Crippen molar-refractivity contribution in [3.8, 4) is 5.69 Å². The van der Waals surface area contributed by atoms with E-state index >= 15 is 0 Å². The number of carbonyl (C=O) groups excluding carboxylic acids is 1. The lowest BCUT2D eigenvalue weighted by Crippen LogP contribution is -2.39. The summed E-state index contributed by atoms with van der Waals surface area (Å²) in [6.45, 7) is 2.50. The molecule has 0 bridgehead atoms. The number of hydrogen-bond donors (Lipinski definition) is 2. The van der Waals surface area contributed by atoms with Gasteiger partial charge in [-0.1, -0.05) is 24.6 Å². The monoisotopic (exact) mass is 298 g/mol. The Labute approximate surface area is 130 Å². The fourth-order valence-corrected chi connectivity index (χ4v) is 3.15. The molecule has 22 heavy (non-hydrogen) atoms. The number of hydrogen-bond acceptors (Lipinski definition) is 3. The van der Waals surface area contributed by atoms with Gasteiger partial charge in [0.1, 0.15) is 0 Å². The molecule has 1 amide bonds. The third-order valence-electron chi connectivity index (χ3n) is 4.44. The Morgan fingerprint density at radius 1 is 1.36 bits per heavy atom. The molecule has 1 saturated carbocycles. The number of aromatic nitrogens is 2. The maximum Gasteiger partial charge on any atom is 0.254 e. The molecule has 2 unspecified atom stereocenters. The van der Waals surface area contributed by atoms with E-state index in [1.807, 2.05) is 37.3 Å². The van der Waals surface area contributed by atoms with Crippen LogP contribution in [0.1, 0.15) is 35.3 Å². The SMILES string of the molecule is Cc1nn(-c2ccccc2)cc1C(=O)NC1CCCC1CN. The smallest absolute Gasteiger partial charge is 0.254 e. The maximum atomic E-state index is 12.5. The van der Waals surface area contributed by atoms with Gasteiger partial charge in [-0.15, -0.1) is 0 Å². The standard InChI is InChI=1S/C17H22N4O/c1-12-15(11-21(20-12)14-7-3-2-4-8-14)17(22)19-16-9-5-6-13(16)10-18/h2-4,7-8,11,13,16H,5-6,9-10,18H2,1H3,(H,19,22). The highest BCUT2D eigenvalue weighted by Gasteiger charge is 2.28. The second-order valence-corrected chi connectivity index (χ2v) is 5.91. The molecule has 5 nitrogen and oxygen atoms in total. The molecular formula is C17H22N4O. The predicted molar refractivity (Wildman–Crippen MR) is 86.0 cm³/mol. The zero-order chi connectivity index (χ0) is 15.5. The molecule has 0 saturated heterocycles. The lowest BCUT2D eigenvalue weighted by atomic mass is 10.0. The minimum Gasteiger partial charge on any atom is -0.349 e. The van der Waals surface area contributed by atoms with Crippen LogP contribution in [0.15, 0.2) is 36.5 Å². The fraction of sp³-hybridized carbons (Fsp3) is 0.412. The molecule has 1 aliphatic carbocycles. The van der Waals surface area contributed by atoms with Crippen LogP contribution in [0.25, 0.3) is 5.69 Å². The quantitative estimate of drug-likeness (QED) is 0.907. The minimum absolute atomic E-state index is 0.0509. The number of nitrogens with two attached hydrogens (primary N) is 1. The van der Waals surface area contributed by atoms with E-state index in [0.29, 0.717) is 18.0 Å². The van der Waals surface area contributed by atoms with Gasteiger partial charge in [0.15, 0.2) is 0 Å². The van der Waals surface area contributed by atoms with Crippen molar-refractivity contribution in [2.75, 3.05) is 6.54 Å². The molecule has 1 aromatic carbocycles. The zero-order valence-electron chi connectivity index (χ0n) is 12.8. The Morgan fingerprint density at radius 2 is 2.14 bits per heavy atom. The van der Waals surface area contributed by atoms with E-state index < -0.39 is 0 Å². The molecule has 2 atom stereocenters. The lowest BCUT2D eigenvalue weighted by molar-refractivity contribution is 0.0928. The topological polar surface area (TPSA) is 72.9 Å². The second-order valence-electron chi connectivity index (χ2n) is 5.91. The Hall–Kier alpha value is -2.14. The van der Waals surface area contributed by atoms with E-state index in [-0.39, 0.29) is 11.9 Å². The van der Waals surface area contributed by atoms with Gasteiger partial charge in [0, 0.05) is 12.2 Å². The van der Waals surface area contributed by atoms with Crippen molar-refractivity contribution >= 4 is 5.91 Å². The number of nitrogens with zero attached hydrogens (tertiary/aromatic N) is 2. The molecule has 5 heteroatoms. The summed E-state index contributed by atoms with van der Waals surface area (Å²) < 4.78 is 1.75. The second kappa shape index (κ2) is 6.32. The number of para-hydroxylation sites is 1. The normalized spacial score (nSPS) is 21.0. The van der Waals surface area contributed by atoms with Crippen LogP contribution >= 0.6 is 0 Å². The molecule has 1 aliphatic rings. The molecule has 0 radical (unpaired) electrons. The zero-order valence-corrected chi connectivity index (χ0v) is 12.8. The van der Waals surface area contributed by atoms with E-state index in [0.717, 1.165) is 30.6 Å². The van der Waals surface area contributed by atoms with Crippen LogP contribution in [0, 0.1) is 12.8 Å². The van der Waals surface area contributed by atoms with Crippen LogP contribution in [0.3, 0.4) is 0 Å². The molecule has 1 fully saturated rings. The molecule has 3 N–H and O–H groups in total. The van der Waals surface area contributed by atoms with E-state index in [2.05, 4.69) is 10.4 Å². The molecule has 1 aromatic heterocycles. The Balaban J connectivity index is 1.77. The van der Waals surface area contributed by atoms with Crippen molar-refractivity contribution in [2.45, 2.75) is 32.2 Å². The predicted octanol–water partition coefficient (Wildman–Crippen LogP) is 2.04. The first kappa shape index (κ1) is 14.8. The number of carbonyl (C=O) groups is 1. The van der Waals surface area contributed by atoms with Gasteiger partial charge in [-0.25, -0.2) is 4.68 Å².